The lowest BCUT2D eigenvalue weighted by molar-refractivity contribution is 0.411. The van der Waals surface area contributed by atoms with Crippen LogP contribution in [0.4, 0.5) is 0 Å². The van der Waals surface area contributed by atoms with E-state index in [0.717, 1.165) is 15.5 Å². The summed E-state index contributed by atoms with van der Waals surface area (Å²) in [5.74, 6) is 1.27. The second-order valence-corrected chi connectivity index (χ2v) is 7.13. The molecule has 0 fully saturated rings. The molecule has 0 spiro atoms. The molecule has 2 atom stereocenters. The van der Waals surface area contributed by atoms with E-state index in [2.05, 4.69) is 18.3 Å². The van der Waals surface area contributed by atoms with Crippen molar-refractivity contribution < 1.29 is 8.95 Å². The average molecular weight is 309 g/mol. The van der Waals surface area contributed by atoms with E-state index in [1.807, 2.05) is 36.7 Å². The minimum Gasteiger partial charge on any atom is -0.496 e. The Balaban J connectivity index is 2.26. The van der Waals surface area contributed by atoms with Gasteiger partial charge in [-0.15, -0.1) is 11.3 Å². The molecule has 0 bridgehead atoms. The van der Waals surface area contributed by atoms with E-state index in [1.54, 1.807) is 7.11 Å². The lowest BCUT2D eigenvalue weighted by atomic mass is 10.1. The average Bonchev–Trinajstić information content (AvgIpc) is 3.00. The largest absolute Gasteiger partial charge is 0.496 e. The third-order valence-corrected chi connectivity index (χ3v) is 5.91. The summed E-state index contributed by atoms with van der Waals surface area (Å²) in [6, 6.07) is 10.2. The maximum atomic E-state index is 12.3. The number of hydrogen-bond donors (Lipinski definition) is 1. The second kappa shape index (κ2) is 7.02. The van der Waals surface area contributed by atoms with Gasteiger partial charge in [-0.05, 0) is 43.1 Å². The quantitative estimate of drug-likeness (QED) is 0.889. The molecular formula is C15H19NO2S2. The van der Waals surface area contributed by atoms with Crippen LogP contribution in [-0.4, -0.2) is 18.4 Å². The van der Waals surface area contributed by atoms with E-state index in [0.29, 0.717) is 5.75 Å². The molecule has 108 valence electrons. The van der Waals surface area contributed by atoms with E-state index in [9.17, 15) is 4.21 Å². The Bertz CT molecular complexity index is 582. The maximum absolute atomic E-state index is 12.3. The molecule has 0 aliphatic rings. The summed E-state index contributed by atoms with van der Waals surface area (Å²) in [6.07, 6.45) is 0. The molecule has 5 heteroatoms. The lowest BCUT2D eigenvalue weighted by Gasteiger charge is -2.14. The number of ether oxygens (including phenoxy) is 1. The topological polar surface area (TPSA) is 38.3 Å². The van der Waals surface area contributed by atoms with Crippen molar-refractivity contribution in [3.05, 3.63) is 46.8 Å². The Labute approximate surface area is 126 Å². The van der Waals surface area contributed by atoms with Crippen LogP contribution < -0.4 is 10.1 Å². The van der Waals surface area contributed by atoms with E-state index >= 15 is 0 Å². The second-order valence-electron chi connectivity index (χ2n) is 4.50. The molecule has 0 amide bonds. The summed E-state index contributed by atoms with van der Waals surface area (Å²) in [5, 5.41) is 5.16. The molecule has 1 aromatic heterocycles. The number of hydrogen-bond acceptors (Lipinski definition) is 4. The maximum Gasteiger partial charge on any atom is 0.123 e. The van der Waals surface area contributed by atoms with Crippen molar-refractivity contribution in [3.63, 3.8) is 0 Å². The van der Waals surface area contributed by atoms with Crippen LogP contribution in [0, 0.1) is 0 Å². The van der Waals surface area contributed by atoms with Crippen molar-refractivity contribution in [1.82, 2.24) is 5.32 Å². The van der Waals surface area contributed by atoms with E-state index in [-0.39, 0.29) is 6.04 Å². The van der Waals surface area contributed by atoms with Crippen molar-refractivity contribution in [3.8, 4) is 5.75 Å². The molecule has 1 N–H and O–H groups in total. The smallest absolute Gasteiger partial charge is 0.123 e. The molecule has 0 saturated heterocycles. The van der Waals surface area contributed by atoms with Gasteiger partial charge in [-0.3, -0.25) is 4.21 Å². The zero-order valence-electron chi connectivity index (χ0n) is 11.9. The molecule has 1 heterocycles. The molecule has 0 aliphatic heterocycles. The molecule has 20 heavy (non-hydrogen) atoms. The number of methoxy groups -OCH3 is 1. The normalized spacial score (nSPS) is 13.9. The number of thiophene rings is 1. The highest BCUT2D eigenvalue weighted by Crippen LogP contribution is 2.26. The van der Waals surface area contributed by atoms with E-state index < -0.39 is 10.8 Å². The molecule has 2 aromatic rings. The van der Waals surface area contributed by atoms with E-state index in [4.69, 9.17) is 4.74 Å². The van der Waals surface area contributed by atoms with Gasteiger partial charge in [-0.2, -0.15) is 0 Å². The SMILES string of the molecule is CNC(C)c1ccc(OC)c(CS(=O)c2cccs2)c1. The molecule has 3 nitrogen and oxygen atoms in total. The van der Waals surface area contributed by atoms with Crippen LogP contribution in [0.1, 0.15) is 24.1 Å². The first-order valence-corrected chi connectivity index (χ1v) is 8.61. The van der Waals surface area contributed by atoms with Crippen LogP contribution in [0.15, 0.2) is 39.9 Å². The first-order chi connectivity index (χ1) is 9.65. The van der Waals surface area contributed by atoms with Crippen LogP contribution in [0.2, 0.25) is 0 Å². The summed E-state index contributed by atoms with van der Waals surface area (Å²) < 4.78 is 18.6. The van der Waals surface area contributed by atoms with Crippen molar-refractivity contribution in [2.24, 2.45) is 0 Å². The molecule has 2 rings (SSSR count). The third kappa shape index (κ3) is 3.48. The van der Waals surface area contributed by atoms with Gasteiger partial charge < -0.3 is 10.1 Å². The van der Waals surface area contributed by atoms with Crippen LogP contribution in [-0.2, 0) is 16.6 Å². The lowest BCUT2D eigenvalue weighted by Crippen LogP contribution is -2.12. The highest BCUT2D eigenvalue weighted by molar-refractivity contribution is 7.86. The van der Waals surface area contributed by atoms with Gasteiger partial charge in [-0.1, -0.05) is 12.1 Å². The predicted molar refractivity (Wildman–Crippen MR) is 84.9 cm³/mol. The summed E-state index contributed by atoms with van der Waals surface area (Å²) >= 11 is 1.53. The van der Waals surface area contributed by atoms with Gasteiger partial charge >= 0.3 is 0 Å². The van der Waals surface area contributed by atoms with Gasteiger partial charge in [0.05, 0.1) is 27.9 Å². The number of rotatable bonds is 6. The van der Waals surface area contributed by atoms with Gasteiger partial charge in [-0.25, -0.2) is 0 Å². The minimum absolute atomic E-state index is 0.259. The molecule has 1 aromatic carbocycles. The first-order valence-electron chi connectivity index (χ1n) is 6.41. The number of benzene rings is 1. The van der Waals surface area contributed by atoms with Crippen molar-refractivity contribution in [2.75, 3.05) is 14.2 Å². The van der Waals surface area contributed by atoms with Crippen molar-refractivity contribution in [2.45, 2.75) is 22.9 Å². The molecule has 0 radical (unpaired) electrons. The van der Waals surface area contributed by atoms with Gasteiger partial charge in [0.15, 0.2) is 0 Å². The standard InChI is InChI=1S/C15H19NO2S2/c1-11(16-2)12-6-7-14(18-3)13(9-12)10-20(17)15-5-4-8-19-15/h4-9,11,16H,10H2,1-3H3. The van der Waals surface area contributed by atoms with Crippen LogP contribution in [0.5, 0.6) is 5.75 Å². The monoisotopic (exact) mass is 309 g/mol. The fourth-order valence-corrected chi connectivity index (χ4v) is 4.05. The van der Waals surface area contributed by atoms with Crippen molar-refractivity contribution in [1.29, 1.82) is 0 Å². The molecule has 2 unspecified atom stereocenters. The van der Waals surface area contributed by atoms with Gasteiger partial charge in [0, 0.05) is 11.6 Å². The van der Waals surface area contributed by atoms with Crippen LogP contribution in [0.25, 0.3) is 0 Å². The highest BCUT2D eigenvalue weighted by Gasteiger charge is 2.13. The summed E-state index contributed by atoms with van der Waals surface area (Å²) in [4.78, 5) is 0. The fraction of sp³-hybridized carbons (Fsp3) is 0.333. The molecule has 0 saturated carbocycles. The van der Waals surface area contributed by atoms with Gasteiger partial charge in [0.25, 0.3) is 0 Å². The zero-order chi connectivity index (χ0) is 14.5. The van der Waals surface area contributed by atoms with Crippen molar-refractivity contribution >= 4 is 22.1 Å². The Morgan fingerprint density at radius 2 is 2.20 bits per heavy atom. The Morgan fingerprint density at radius 3 is 2.80 bits per heavy atom. The Hall–Kier alpha value is -1.17. The van der Waals surface area contributed by atoms with Crippen LogP contribution in [0.3, 0.4) is 0 Å². The zero-order valence-corrected chi connectivity index (χ0v) is 13.5. The van der Waals surface area contributed by atoms with Gasteiger partial charge in [0.1, 0.15) is 5.75 Å². The predicted octanol–water partition coefficient (Wildman–Crippen LogP) is 3.34. The van der Waals surface area contributed by atoms with Crippen LogP contribution >= 0.6 is 11.3 Å². The van der Waals surface area contributed by atoms with E-state index in [1.165, 1.54) is 16.9 Å². The number of nitrogens with one attached hydrogen (secondary N) is 1. The Morgan fingerprint density at radius 1 is 1.40 bits per heavy atom. The third-order valence-electron chi connectivity index (χ3n) is 3.24. The Kier molecular flexibility index (Phi) is 5.34. The fourth-order valence-electron chi connectivity index (χ4n) is 1.95. The minimum atomic E-state index is -1.02. The summed E-state index contributed by atoms with van der Waals surface area (Å²) in [7, 11) is 2.56. The highest BCUT2D eigenvalue weighted by atomic mass is 32.2. The first kappa shape index (κ1) is 15.2. The summed E-state index contributed by atoms with van der Waals surface area (Å²) in [5.41, 5.74) is 2.16. The van der Waals surface area contributed by atoms with Gasteiger partial charge in [0.2, 0.25) is 0 Å². The molecular weight excluding hydrogens is 290 g/mol. The summed E-state index contributed by atoms with van der Waals surface area (Å²) in [6.45, 7) is 2.10. The molecule has 0 aliphatic carbocycles.